The summed E-state index contributed by atoms with van der Waals surface area (Å²) in [5.74, 6) is 1.43. The van der Waals surface area contributed by atoms with Crippen molar-refractivity contribution in [1.29, 1.82) is 0 Å². The first kappa shape index (κ1) is 23.2. The molecule has 0 aliphatic carbocycles. The molecule has 4 aromatic rings. The maximum absolute atomic E-state index is 13.2. The molecule has 0 atom stereocenters. The second-order valence-corrected chi connectivity index (χ2v) is 10.4. The molecular weight excluding hydrogens is 466 g/mol. The lowest BCUT2D eigenvalue weighted by molar-refractivity contribution is 0.340. The molecule has 35 heavy (non-hydrogen) atoms. The van der Waals surface area contributed by atoms with Crippen LogP contribution in [0.15, 0.2) is 53.7 Å². The molecule has 182 valence electrons. The highest BCUT2D eigenvalue weighted by Gasteiger charge is 2.30. The molecular formula is C24H27N7O3S. The van der Waals surface area contributed by atoms with Crippen molar-refractivity contribution >= 4 is 27.0 Å². The second-order valence-electron chi connectivity index (χ2n) is 8.43. The number of rotatable bonds is 6. The van der Waals surface area contributed by atoms with E-state index in [1.54, 1.807) is 16.8 Å². The molecule has 2 aromatic carbocycles. The van der Waals surface area contributed by atoms with Crippen molar-refractivity contribution in [3.63, 3.8) is 0 Å². The maximum Gasteiger partial charge on any atom is 0.243 e. The lowest BCUT2D eigenvalue weighted by Crippen LogP contribution is -2.49. The zero-order chi connectivity index (χ0) is 24.6. The minimum Gasteiger partial charge on any atom is -0.494 e. The van der Waals surface area contributed by atoms with Gasteiger partial charge in [-0.25, -0.2) is 18.4 Å². The average Bonchev–Trinajstić information content (AvgIpc) is 3.31. The van der Waals surface area contributed by atoms with E-state index in [9.17, 15) is 8.42 Å². The lowest BCUT2D eigenvalue weighted by atomic mass is 10.1. The van der Waals surface area contributed by atoms with Crippen LogP contribution in [-0.4, -0.2) is 70.5 Å². The molecule has 0 saturated carbocycles. The number of nitrogens with zero attached hydrogens (tertiary/aromatic N) is 7. The largest absolute Gasteiger partial charge is 0.494 e. The van der Waals surface area contributed by atoms with E-state index < -0.39 is 10.0 Å². The van der Waals surface area contributed by atoms with Crippen LogP contribution in [0.3, 0.4) is 0 Å². The van der Waals surface area contributed by atoms with Gasteiger partial charge in [0.15, 0.2) is 17.0 Å². The normalized spacial score (nSPS) is 15.0. The quantitative estimate of drug-likeness (QED) is 0.404. The number of anilines is 1. The SMILES string of the molecule is CCOc1ccc(-n2nnc3c(N4CCN(S(=O)(=O)c5ccc(C)c(C)c5)CC4)ncnc32)cc1. The average molecular weight is 494 g/mol. The van der Waals surface area contributed by atoms with Gasteiger partial charge < -0.3 is 9.64 Å². The summed E-state index contributed by atoms with van der Waals surface area (Å²) in [7, 11) is -3.56. The molecule has 1 fully saturated rings. The maximum atomic E-state index is 13.2. The lowest BCUT2D eigenvalue weighted by Gasteiger charge is -2.34. The van der Waals surface area contributed by atoms with E-state index in [4.69, 9.17) is 4.74 Å². The number of hydrogen-bond donors (Lipinski definition) is 0. The van der Waals surface area contributed by atoms with E-state index >= 15 is 0 Å². The van der Waals surface area contributed by atoms with E-state index in [1.807, 2.05) is 56.0 Å². The Morgan fingerprint density at radius 2 is 1.69 bits per heavy atom. The Morgan fingerprint density at radius 3 is 2.37 bits per heavy atom. The first-order valence-electron chi connectivity index (χ1n) is 11.5. The Balaban J connectivity index is 1.36. The predicted molar refractivity (Wildman–Crippen MR) is 133 cm³/mol. The number of aromatic nitrogens is 5. The van der Waals surface area contributed by atoms with Crippen LogP contribution >= 0.6 is 0 Å². The summed E-state index contributed by atoms with van der Waals surface area (Å²) in [6, 6.07) is 12.8. The minimum absolute atomic E-state index is 0.330. The summed E-state index contributed by atoms with van der Waals surface area (Å²) in [5.41, 5.74) is 4.00. The number of ether oxygens (including phenoxy) is 1. The molecule has 0 radical (unpaired) electrons. The first-order chi connectivity index (χ1) is 16.9. The molecule has 0 amide bonds. The van der Waals surface area contributed by atoms with Crippen molar-refractivity contribution in [1.82, 2.24) is 29.3 Å². The molecule has 5 rings (SSSR count). The van der Waals surface area contributed by atoms with Crippen molar-refractivity contribution in [2.75, 3.05) is 37.7 Å². The summed E-state index contributed by atoms with van der Waals surface area (Å²) < 4.78 is 35.1. The Kier molecular flexibility index (Phi) is 6.12. The van der Waals surface area contributed by atoms with Gasteiger partial charge in [-0.1, -0.05) is 11.3 Å². The molecule has 0 unspecified atom stereocenters. The molecule has 10 nitrogen and oxygen atoms in total. The van der Waals surface area contributed by atoms with Gasteiger partial charge in [-0.2, -0.15) is 8.99 Å². The molecule has 1 aliphatic heterocycles. The molecule has 0 spiro atoms. The number of fused-ring (bicyclic) bond motifs is 1. The van der Waals surface area contributed by atoms with Gasteiger partial charge in [0.05, 0.1) is 17.2 Å². The summed E-state index contributed by atoms with van der Waals surface area (Å²) in [5, 5.41) is 8.64. The molecule has 2 aromatic heterocycles. The highest BCUT2D eigenvalue weighted by atomic mass is 32.2. The zero-order valence-corrected chi connectivity index (χ0v) is 20.7. The fourth-order valence-corrected chi connectivity index (χ4v) is 5.66. The zero-order valence-electron chi connectivity index (χ0n) is 19.9. The Labute approximate surface area is 204 Å². The number of aryl methyl sites for hydroxylation is 2. The summed E-state index contributed by atoms with van der Waals surface area (Å²) in [6.07, 6.45) is 1.49. The number of piperazine rings is 1. The van der Waals surface area contributed by atoms with Gasteiger partial charge in [-0.05, 0) is 68.3 Å². The van der Waals surface area contributed by atoms with Crippen molar-refractivity contribution in [3.8, 4) is 11.4 Å². The van der Waals surface area contributed by atoms with Crippen molar-refractivity contribution < 1.29 is 13.2 Å². The van der Waals surface area contributed by atoms with Gasteiger partial charge in [0.1, 0.15) is 12.1 Å². The fourth-order valence-electron chi connectivity index (χ4n) is 4.16. The van der Waals surface area contributed by atoms with E-state index in [0.29, 0.717) is 54.7 Å². The first-order valence-corrected chi connectivity index (χ1v) is 12.9. The molecule has 0 N–H and O–H groups in total. The van der Waals surface area contributed by atoms with Crippen LogP contribution in [0.4, 0.5) is 5.82 Å². The smallest absolute Gasteiger partial charge is 0.243 e. The second kappa shape index (κ2) is 9.23. The minimum atomic E-state index is -3.56. The van der Waals surface area contributed by atoms with Crippen LogP contribution in [0.5, 0.6) is 5.75 Å². The highest BCUT2D eigenvalue weighted by molar-refractivity contribution is 7.89. The predicted octanol–water partition coefficient (Wildman–Crippen LogP) is 2.74. The van der Waals surface area contributed by atoms with E-state index in [2.05, 4.69) is 20.3 Å². The van der Waals surface area contributed by atoms with Gasteiger partial charge in [0.2, 0.25) is 10.0 Å². The highest BCUT2D eigenvalue weighted by Crippen LogP contribution is 2.26. The van der Waals surface area contributed by atoms with E-state index in [0.717, 1.165) is 22.6 Å². The molecule has 1 saturated heterocycles. The molecule has 3 heterocycles. The molecule has 1 aliphatic rings. The summed E-state index contributed by atoms with van der Waals surface area (Å²) in [4.78, 5) is 11.2. The standard InChI is InChI=1S/C24H27N7O3S/c1-4-34-20-8-6-19(7-9-20)31-24-22(27-28-31)23(25-16-26-24)29-11-13-30(14-12-29)35(32,33)21-10-5-17(2)18(3)15-21/h5-10,15-16H,4,11-14H2,1-3H3. The fraction of sp³-hybridized carbons (Fsp3) is 0.333. The van der Waals surface area contributed by atoms with Gasteiger partial charge in [-0.3, -0.25) is 0 Å². The third-order valence-electron chi connectivity index (χ3n) is 6.27. The van der Waals surface area contributed by atoms with Crippen LogP contribution in [-0.2, 0) is 10.0 Å². The third-order valence-corrected chi connectivity index (χ3v) is 8.16. The van der Waals surface area contributed by atoms with Crippen molar-refractivity contribution in [2.45, 2.75) is 25.7 Å². The Morgan fingerprint density at radius 1 is 0.943 bits per heavy atom. The van der Waals surface area contributed by atoms with Crippen LogP contribution in [0.1, 0.15) is 18.1 Å². The van der Waals surface area contributed by atoms with Crippen LogP contribution < -0.4 is 9.64 Å². The van der Waals surface area contributed by atoms with E-state index in [-0.39, 0.29) is 0 Å². The number of benzene rings is 2. The Bertz CT molecular complexity index is 1460. The van der Waals surface area contributed by atoms with Gasteiger partial charge in [0, 0.05) is 26.2 Å². The van der Waals surface area contributed by atoms with Crippen LogP contribution in [0.25, 0.3) is 16.9 Å². The summed E-state index contributed by atoms with van der Waals surface area (Å²) in [6.45, 7) is 8.13. The van der Waals surface area contributed by atoms with Crippen molar-refractivity contribution in [2.24, 2.45) is 0 Å². The van der Waals surface area contributed by atoms with Gasteiger partial charge >= 0.3 is 0 Å². The van der Waals surface area contributed by atoms with Gasteiger partial charge in [0.25, 0.3) is 0 Å². The molecule has 0 bridgehead atoms. The number of hydrogen-bond acceptors (Lipinski definition) is 8. The third kappa shape index (κ3) is 4.32. The van der Waals surface area contributed by atoms with E-state index in [1.165, 1.54) is 10.6 Å². The van der Waals surface area contributed by atoms with Crippen LogP contribution in [0.2, 0.25) is 0 Å². The monoisotopic (exact) mass is 493 g/mol. The summed E-state index contributed by atoms with van der Waals surface area (Å²) >= 11 is 0. The topological polar surface area (TPSA) is 106 Å². The Hall–Kier alpha value is -3.57. The van der Waals surface area contributed by atoms with Gasteiger partial charge in [-0.15, -0.1) is 5.10 Å². The van der Waals surface area contributed by atoms with Crippen LogP contribution in [0, 0.1) is 13.8 Å². The van der Waals surface area contributed by atoms with Crippen molar-refractivity contribution in [3.05, 3.63) is 59.9 Å². The number of sulfonamides is 1. The molecule has 11 heteroatoms.